The van der Waals surface area contributed by atoms with Gasteiger partial charge in [-0.3, -0.25) is 9.59 Å². The van der Waals surface area contributed by atoms with E-state index in [1.54, 1.807) is 12.2 Å². The van der Waals surface area contributed by atoms with E-state index < -0.39 is 11.0 Å². The highest BCUT2D eigenvalue weighted by molar-refractivity contribution is 6.01. The van der Waals surface area contributed by atoms with Gasteiger partial charge in [0.2, 0.25) is 0 Å². The summed E-state index contributed by atoms with van der Waals surface area (Å²) in [5.41, 5.74) is -0.311. The summed E-state index contributed by atoms with van der Waals surface area (Å²) in [6.07, 6.45) is 10.2. The number of hydrogen-bond acceptors (Lipinski definition) is 3. The van der Waals surface area contributed by atoms with Gasteiger partial charge in [0.25, 0.3) is 0 Å². The van der Waals surface area contributed by atoms with Crippen molar-refractivity contribution < 1.29 is 14.7 Å². The Bertz CT molecular complexity index is 631. The van der Waals surface area contributed by atoms with Crippen LogP contribution in [0.4, 0.5) is 0 Å². The van der Waals surface area contributed by atoms with E-state index in [0.717, 1.165) is 25.7 Å². The summed E-state index contributed by atoms with van der Waals surface area (Å²) in [6, 6.07) is 0. The molecule has 0 amide bonds. The highest BCUT2D eigenvalue weighted by Gasteiger charge is 2.66. The third kappa shape index (κ3) is 1.51. The first kappa shape index (κ1) is 14.4. The monoisotopic (exact) mass is 300 g/mol. The van der Waals surface area contributed by atoms with Gasteiger partial charge in [0.05, 0.1) is 11.0 Å². The molecular weight excluding hydrogens is 276 g/mol. The second-order valence-corrected chi connectivity index (χ2v) is 8.16. The molecule has 3 saturated carbocycles. The Hall–Kier alpha value is -1.22. The van der Waals surface area contributed by atoms with Gasteiger partial charge in [-0.2, -0.15) is 0 Å². The van der Waals surface area contributed by atoms with Gasteiger partial charge in [-0.05, 0) is 63.0 Å². The van der Waals surface area contributed by atoms with Gasteiger partial charge in [-0.25, -0.2) is 0 Å². The molecule has 0 radical (unpaired) electrons. The van der Waals surface area contributed by atoms with Crippen LogP contribution in [0.3, 0.4) is 0 Å². The smallest absolute Gasteiger partial charge is 0.178 e. The number of aliphatic hydroxyl groups is 1. The molecule has 0 aromatic carbocycles. The van der Waals surface area contributed by atoms with Crippen molar-refractivity contribution in [3.8, 4) is 0 Å². The Kier molecular flexibility index (Phi) is 2.74. The van der Waals surface area contributed by atoms with Crippen molar-refractivity contribution in [3.05, 3.63) is 23.8 Å². The number of hydrogen-bond donors (Lipinski definition) is 1. The predicted octanol–water partition coefficient (Wildman–Crippen LogP) is 2.98. The maximum absolute atomic E-state index is 12.4. The second-order valence-electron chi connectivity index (χ2n) is 8.16. The zero-order chi connectivity index (χ0) is 15.8. The molecule has 0 bridgehead atoms. The maximum Gasteiger partial charge on any atom is 0.178 e. The van der Waals surface area contributed by atoms with Crippen molar-refractivity contribution >= 4 is 11.6 Å². The van der Waals surface area contributed by atoms with E-state index in [4.69, 9.17) is 0 Å². The maximum atomic E-state index is 12.4. The quantitative estimate of drug-likeness (QED) is 0.748. The van der Waals surface area contributed by atoms with E-state index in [0.29, 0.717) is 18.8 Å². The Morgan fingerprint density at radius 3 is 2.64 bits per heavy atom. The van der Waals surface area contributed by atoms with Gasteiger partial charge < -0.3 is 5.11 Å². The minimum absolute atomic E-state index is 0.0846. The van der Waals surface area contributed by atoms with Crippen molar-refractivity contribution in [3.63, 3.8) is 0 Å². The topological polar surface area (TPSA) is 54.4 Å². The molecule has 4 rings (SSSR count). The molecular formula is C19H24O3. The van der Waals surface area contributed by atoms with E-state index in [-0.39, 0.29) is 22.9 Å². The molecule has 4 aliphatic rings. The lowest BCUT2D eigenvalue weighted by Gasteiger charge is -2.59. The van der Waals surface area contributed by atoms with Crippen LogP contribution in [0.15, 0.2) is 23.8 Å². The number of fused-ring (bicyclic) bond motifs is 5. The first-order valence-corrected chi connectivity index (χ1v) is 8.51. The van der Waals surface area contributed by atoms with Crippen LogP contribution in [-0.2, 0) is 9.59 Å². The van der Waals surface area contributed by atoms with Gasteiger partial charge in [0.1, 0.15) is 5.78 Å². The Balaban J connectivity index is 1.78. The molecule has 5 atom stereocenters. The van der Waals surface area contributed by atoms with Crippen molar-refractivity contribution in [2.75, 3.05) is 0 Å². The zero-order valence-corrected chi connectivity index (χ0v) is 13.4. The summed E-state index contributed by atoms with van der Waals surface area (Å²) in [5.74, 6) is 0.828. The van der Waals surface area contributed by atoms with Gasteiger partial charge in [-0.1, -0.05) is 18.6 Å². The molecule has 0 aromatic heterocycles. The van der Waals surface area contributed by atoms with Crippen LogP contribution in [0, 0.1) is 22.7 Å². The van der Waals surface area contributed by atoms with Crippen LogP contribution in [-0.4, -0.2) is 22.3 Å². The molecule has 3 nitrogen and oxygen atoms in total. The molecule has 5 unspecified atom stereocenters. The van der Waals surface area contributed by atoms with E-state index in [2.05, 4.69) is 13.0 Å². The fourth-order valence-electron chi connectivity index (χ4n) is 5.94. The SMILES string of the molecule is CC12C=CC(=O)C=C1CCC1C2CCC2(C)C(=O)CCC12O. The van der Waals surface area contributed by atoms with Crippen LogP contribution in [0.25, 0.3) is 0 Å². The summed E-state index contributed by atoms with van der Waals surface area (Å²) in [6.45, 7) is 4.19. The Labute approximate surface area is 131 Å². The largest absolute Gasteiger partial charge is 0.389 e. The standard InChI is InChI=1S/C19H24O3/c1-17-8-5-13(20)11-12(17)3-4-15-14(17)6-9-18(2)16(21)7-10-19(15,18)22/h5,8,11,14-15,22H,3-4,6-7,9-10H2,1-2H3. The summed E-state index contributed by atoms with van der Waals surface area (Å²) >= 11 is 0. The third-order valence-electron chi connectivity index (χ3n) is 7.46. The van der Waals surface area contributed by atoms with Crippen LogP contribution >= 0.6 is 0 Å². The lowest BCUT2D eigenvalue weighted by molar-refractivity contribution is -0.174. The van der Waals surface area contributed by atoms with Crippen LogP contribution in [0.1, 0.15) is 52.4 Å². The number of ketones is 2. The highest BCUT2D eigenvalue weighted by atomic mass is 16.3. The Morgan fingerprint density at radius 2 is 1.86 bits per heavy atom. The number of rotatable bonds is 0. The van der Waals surface area contributed by atoms with Gasteiger partial charge in [-0.15, -0.1) is 0 Å². The normalized spacial score (nSPS) is 50.2. The van der Waals surface area contributed by atoms with Gasteiger partial charge >= 0.3 is 0 Å². The first-order chi connectivity index (χ1) is 10.3. The summed E-state index contributed by atoms with van der Waals surface area (Å²) in [7, 11) is 0. The zero-order valence-electron chi connectivity index (χ0n) is 13.4. The van der Waals surface area contributed by atoms with E-state index in [1.807, 2.05) is 6.92 Å². The second kappa shape index (κ2) is 4.19. The molecule has 0 saturated heterocycles. The number of allylic oxidation sites excluding steroid dienone is 4. The molecule has 0 heterocycles. The molecule has 22 heavy (non-hydrogen) atoms. The molecule has 4 aliphatic carbocycles. The van der Waals surface area contributed by atoms with Crippen molar-refractivity contribution in [1.29, 1.82) is 0 Å². The first-order valence-electron chi connectivity index (χ1n) is 8.51. The van der Waals surface area contributed by atoms with Crippen LogP contribution in [0.5, 0.6) is 0 Å². The average Bonchev–Trinajstić information content (AvgIpc) is 2.72. The fourth-order valence-corrected chi connectivity index (χ4v) is 5.94. The molecule has 3 heteroatoms. The molecule has 0 aliphatic heterocycles. The van der Waals surface area contributed by atoms with Crippen LogP contribution < -0.4 is 0 Å². The van der Waals surface area contributed by atoms with Gasteiger partial charge in [0, 0.05) is 11.8 Å². The molecule has 118 valence electrons. The minimum atomic E-state index is -0.850. The van der Waals surface area contributed by atoms with Gasteiger partial charge in [0.15, 0.2) is 5.78 Å². The summed E-state index contributed by atoms with van der Waals surface area (Å²) in [4.78, 5) is 24.1. The molecule has 0 aromatic rings. The lowest BCUT2D eigenvalue weighted by Crippen LogP contribution is -2.60. The lowest BCUT2D eigenvalue weighted by atomic mass is 9.47. The third-order valence-corrected chi connectivity index (χ3v) is 7.46. The van der Waals surface area contributed by atoms with Crippen molar-refractivity contribution in [2.45, 2.75) is 58.0 Å². The minimum Gasteiger partial charge on any atom is -0.389 e. The molecule has 0 spiro atoms. The van der Waals surface area contributed by atoms with Crippen molar-refractivity contribution in [1.82, 2.24) is 0 Å². The number of Topliss-reactive ketones (excluding diaryl/α,β-unsaturated/α-hetero) is 1. The molecule has 1 N–H and O–H groups in total. The average molecular weight is 300 g/mol. The van der Waals surface area contributed by atoms with E-state index in [9.17, 15) is 14.7 Å². The Morgan fingerprint density at radius 1 is 1.09 bits per heavy atom. The number of carbonyl (C=O) groups excluding carboxylic acids is 2. The van der Waals surface area contributed by atoms with Crippen molar-refractivity contribution in [2.24, 2.45) is 22.7 Å². The fraction of sp³-hybridized carbons (Fsp3) is 0.684. The van der Waals surface area contributed by atoms with E-state index >= 15 is 0 Å². The predicted molar refractivity (Wildman–Crippen MR) is 83.1 cm³/mol. The summed E-state index contributed by atoms with van der Waals surface area (Å²) < 4.78 is 0. The number of carbonyl (C=O) groups is 2. The van der Waals surface area contributed by atoms with E-state index in [1.165, 1.54) is 5.57 Å². The summed E-state index contributed by atoms with van der Waals surface area (Å²) in [5, 5.41) is 11.5. The highest BCUT2D eigenvalue weighted by Crippen LogP contribution is 2.65. The molecule has 3 fully saturated rings. The van der Waals surface area contributed by atoms with Crippen LogP contribution in [0.2, 0.25) is 0 Å².